The Labute approximate surface area is 154 Å². The van der Waals surface area contributed by atoms with Gasteiger partial charge >= 0.3 is 7.60 Å². The summed E-state index contributed by atoms with van der Waals surface area (Å²) < 4.78 is 33.9. The second-order valence-electron chi connectivity index (χ2n) is 8.30. The van der Waals surface area contributed by atoms with Gasteiger partial charge in [-0.3, -0.25) is 9.09 Å². The molecular weight excluding hydrogens is 367 g/mol. The highest BCUT2D eigenvalue weighted by atomic mass is 31.2. The Morgan fingerprint density at radius 1 is 1.04 bits per heavy atom. The van der Waals surface area contributed by atoms with E-state index in [0.717, 1.165) is 0 Å². The molecule has 1 aliphatic heterocycles. The summed E-state index contributed by atoms with van der Waals surface area (Å²) in [4.78, 5) is 10.1. The minimum atomic E-state index is -4.17. The SMILES string of the molecule is CC(C)(C)OCCOC1OC(CO)C(O)C(OP(=O)(O)C(C)(C)C)C1O. The maximum atomic E-state index is 12.4. The summed E-state index contributed by atoms with van der Waals surface area (Å²) in [7, 11) is -4.17. The third-order valence-electron chi connectivity index (χ3n) is 3.83. The molecule has 0 aromatic carbocycles. The van der Waals surface area contributed by atoms with E-state index in [2.05, 4.69) is 0 Å². The maximum absolute atomic E-state index is 12.4. The summed E-state index contributed by atoms with van der Waals surface area (Å²) in [5.74, 6) is 0. The van der Waals surface area contributed by atoms with E-state index in [0.29, 0.717) is 0 Å². The van der Waals surface area contributed by atoms with Crippen LogP contribution in [-0.4, -0.2) is 81.5 Å². The number of aliphatic hydroxyl groups excluding tert-OH is 3. The molecule has 0 amide bonds. The summed E-state index contributed by atoms with van der Waals surface area (Å²) in [6.07, 6.45) is -6.85. The van der Waals surface area contributed by atoms with Crippen molar-refractivity contribution in [2.45, 2.75) is 83.0 Å². The van der Waals surface area contributed by atoms with Crippen molar-refractivity contribution in [3.8, 4) is 0 Å². The number of hydrogen-bond donors (Lipinski definition) is 4. The molecule has 1 fully saturated rings. The Bertz CT molecular complexity index is 485. The lowest BCUT2D eigenvalue weighted by Crippen LogP contribution is -2.60. The molecule has 0 radical (unpaired) electrons. The summed E-state index contributed by atoms with van der Waals surface area (Å²) in [6.45, 7) is 9.90. The fraction of sp³-hybridized carbons (Fsp3) is 1.00. The predicted molar refractivity (Wildman–Crippen MR) is 93.9 cm³/mol. The molecule has 0 bridgehead atoms. The van der Waals surface area contributed by atoms with Gasteiger partial charge < -0.3 is 34.4 Å². The minimum Gasteiger partial charge on any atom is -0.394 e. The Balaban J connectivity index is 2.81. The van der Waals surface area contributed by atoms with E-state index in [1.165, 1.54) is 20.8 Å². The van der Waals surface area contributed by atoms with Crippen molar-refractivity contribution < 1.29 is 43.5 Å². The smallest absolute Gasteiger partial charge is 0.333 e. The van der Waals surface area contributed by atoms with Gasteiger partial charge in [-0.15, -0.1) is 0 Å². The molecule has 1 rings (SSSR count). The van der Waals surface area contributed by atoms with E-state index in [1.54, 1.807) is 0 Å². The van der Waals surface area contributed by atoms with Crippen LogP contribution in [0.4, 0.5) is 0 Å². The first kappa shape index (κ1) is 23.9. The first-order valence-electron chi connectivity index (χ1n) is 8.59. The Morgan fingerprint density at radius 2 is 1.62 bits per heavy atom. The predicted octanol–water partition coefficient (Wildman–Crippen LogP) is 0.626. The summed E-state index contributed by atoms with van der Waals surface area (Å²) in [5.41, 5.74) is -0.360. The van der Waals surface area contributed by atoms with E-state index in [4.69, 9.17) is 18.7 Å². The highest BCUT2D eigenvalue weighted by molar-refractivity contribution is 7.54. The molecular formula is C16H33O9P. The molecule has 0 aromatic heterocycles. The van der Waals surface area contributed by atoms with Crippen molar-refractivity contribution in [3.63, 3.8) is 0 Å². The van der Waals surface area contributed by atoms with Crippen LogP contribution in [0, 0.1) is 0 Å². The zero-order valence-corrected chi connectivity index (χ0v) is 17.2. The second kappa shape index (κ2) is 8.94. The molecule has 0 spiro atoms. The fourth-order valence-electron chi connectivity index (χ4n) is 2.15. The van der Waals surface area contributed by atoms with Crippen molar-refractivity contribution >= 4 is 7.60 Å². The summed E-state index contributed by atoms with van der Waals surface area (Å²) in [5, 5.41) is 28.9. The molecule has 6 atom stereocenters. The monoisotopic (exact) mass is 400 g/mol. The van der Waals surface area contributed by atoms with Gasteiger partial charge in [-0.2, -0.15) is 0 Å². The zero-order chi connectivity index (χ0) is 20.3. The van der Waals surface area contributed by atoms with Crippen LogP contribution in [0.15, 0.2) is 0 Å². The third kappa shape index (κ3) is 6.51. The minimum absolute atomic E-state index is 0.0794. The van der Waals surface area contributed by atoms with E-state index in [1.807, 2.05) is 20.8 Å². The molecule has 156 valence electrons. The van der Waals surface area contributed by atoms with Gasteiger partial charge in [-0.25, -0.2) is 0 Å². The van der Waals surface area contributed by atoms with Crippen LogP contribution < -0.4 is 0 Å². The third-order valence-corrected chi connectivity index (χ3v) is 6.06. The Hall–Kier alpha value is -0.0900. The molecule has 4 N–H and O–H groups in total. The molecule has 1 saturated heterocycles. The van der Waals surface area contributed by atoms with Crippen LogP contribution >= 0.6 is 7.60 Å². The quantitative estimate of drug-likeness (QED) is 0.358. The molecule has 10 heteroatoms. The van der Waals surface area contributed by atoms with Crippen molar-refractivity contribution in [1.29, 1.82) is 0 Å². The highest BCUT2D eigenvalue weighted by Gasteiger charge is 2.50. The van der Waals surface area contributed by atoms with E-state index in [9.17, 15) is 24.8 Å². The topological polar surface area (TPSA) is 135 Å². The van der Waals surface area contributed by atoms with E-state index < -0.39 is 50.1 Å². The van der Waals surface area contributed by atoms with Gasteiger partial charge in [0.2, 0.25) is 0 Å². The van der Waals surface area contributed by atoms with E-state index >= 15 is 0 Å². The highest BCUT2D eigenvalue weighted by Crippen LogP contribution is 2.56. The maximum Gasteiger partial charge on any atom is 0.333 e. The molecule has 0 aromatic rings. The number of rotatable bonds is 7. The van der Waals surface area contributed by atoms with Crippen molar-refractivity contribution in [2.24, 2.45) is 0 Å². The lowest BCUT2D eigenvalue weighted by Gasteiger charge is -2.43. The normalized spacial score (nSPS) is 33.1. The molecule has 9 nitrogen and oxygen atoms in total. The molecule has 0 saturated carbocycles. The van der Waals surface area contributed by atoms with Gasteiger partial charge in [-0.05, 0) is 41.5 Å². The first-order chi connectivity index (χ1) is 11.7. The van der Waals surface area contributed by atoms with Gasteiger partial charge in [-0.1, -0.05) is 0 Å². The fourth-order valence-corrected chi connectivity index (χ4v) is 3.05. The molecule has 1 aliphatic rings. The van der Waals surface area contributed by atoms with Crippen LogP contribution in [0.2, 0.25) is 0 Å². The molecule has 26 heavy (non-hydrogen) atoms. The number of hydrogen-bond acceptors (Lipinski definition) is 8. The van der Waals surface area contributed by atoms with Crippen LogP contribution in [-0.2, 0) is 23.3 Å². The van der Waals surface area contributed by atoms with Crippen LogP contribution in [0.5, 0.6) is 0 Å². The van der Waals surface area contributed by atoms with Gasteiger partial charge in [0.1, 0.15) is 24.4 Å². The largest absolute Gasteiger partial charge is 0.394 e. The van der Waals surface area contributed by atoms with Gasteiger partial charge in [0, 0.05) is 0 Å². The first-order valence-corrected chi connectivity index (χ1v) is 10.2. The summed E-state index contributed by atoms with van der Waals surface area (Å²) in [6, 6.07) is 0. The van der Waals surface area contributed by atoms with Crippen LogP contribution in [0.1, 0.15) is 41.5 Å². The Morgan fingerprint density at radius 3 is 2.08 bits per heavy atom. The molecule has 0 aliphatic carbocycles. The van der Waals surface area contributed by atoms with Crippen LogP contribution in [0.3, 0.4) is 0 Å². The van der Waals surface area contributed by atoms with Crippen molar-refractivity contribution in [2.75, 3.05) is 19.8 Å². The van der Waals surface area contributed by atoms with Crippen LogP contribution in [0.25, 0.3) is 0 Å². The standard InChI is InChI=1S/C16H33O9P/c1-15(2,3)23-8-7-22-14-12(19)13(11(18)10(9-17)24-14)25-26(20,21)16(4,5)6/h10-14,17-19H,7-9H2,1-6H3,(H,20,21). The second-order valence-corrected chi connectivity index (χ2v) is 10.9. The van der Waals surface area contributed by atoms with Gasteiger partial charge in [0.05, 0.1) is 30.6 Å². The van der Waals surface area contributed by atoms with Gasteiger partial charge in [0.25, 0.3) is 0 Å². The number of aliphatic hydroxyl groups is 3. The van der Waals surface area contributed by atoms with Crippen molar-refractivity contribution in [3.05, 3.63) is 0 Å². The Kier molecular flexibility index (Phi) is 8.24. The summed E-state index contributed by atoms with van der Waals surface area (Å²) >= 11 is 0. The van der Waals surface area contributed by atoms with Crippen molar-refractivity contribution in [1.82, 2.24) is 0 Å². The zero-order valence-electron chi connectivity index (χ0n) is 16.3. The molecule has 6 unspecified atom stereocenters. The number of ether oxygens (including phenoxy) is 3. The average molecular weight is 400 g/mol. The lowest BCUT2D eigenvalue weighted by atomic mass is 9.99. The lowest BCUT2D eigenvalue weighted by molar-refractivity contribution is -0.300. The van der Waals surface area contributed by atoms with Gasteiger partial charge in [0.15, 0.2) is 6.29 Å². The average Bonchev–Trinajstić information content (AvgIpc) is 2.47. The van der Waals surface area contributed by atoms with E-state index in [-0.39, 0.29) is 18.8 Å². The molecule has 1 heterocycles.